The molecule has 0 spiro atoms. The number of aromatic nitrogens is 3. The fourth-order valence-electron chi connectivity index (χ4n) is 3.33. The highest BCUT2D eigenvalue weighted by atomic mass is 16.5. The van der Waals surface area contributed by atoms with Crippen LogP contribution in [-0.2, 0) is 11.3 Å². The molecule has 0 saturated heterocycles. The van der Waals surface area contributed by atoms with Crippen molar-refractivity contribution in [3.05, 3.63) is 59.0 Å². The lowest BCUT2D eigenvalue weighted by atomic mass is 9.91. The van der Waals surface area contributed by atoms with E-state index in [-0.39, 0.29) is 11.9 Å². The molecule has 0 fully saturated rings. The lowest BCUT2D eigenvalue weighted by molar-refractivity contribution is 0.0780. The molecule has 0 amide bonds. The zero-order valence-corrected chi connectivity index (χ0v) is 14.0. The molecule has 0 bridgehead atoms. The predicted octanol–water partition coefficient (Wildman–Crippen LogP) is 3.29. The zero-order valence-electron chi connectivity index (χ0n) is 14.0. The molecule has 2 aromatic heterocycles. The summed E-state index contributed by atoms with van der Waals surface area (Å²) < 4.78 is 7.52. The first-order valence-corrected chi connectivity index (χ1v) is 8.05. The van der Waals surface area contributed by atoms with Crippen molar-refractivity contribution < 1.29 is 4.74 Å². The van der Waals surface area contributed by atoms with Crippen LogP contribution in [0.3, 0.4) is 0 Å². The molecule has 0 aliphatic carbocycles. The second-order valence-electron chi connectivity index (χ2n) is 6.13. The Morgan fingerprint density at radius 3 is 2.92 bits per heavy atom. The molecular weight excluding hydrogens is 314 g/mol. The van der Waals surface area contributed by atoms with Gasteiger partial charge in [-0.1, -0.05) is 6.07 Å². The van der Waals surface area contributed by atoms with Crippen LogP contribution in [0.1, 0.15) is 35.4 Å². The van der Waals surface area contributed by atoms with Crippen molar-refractivity contribution in [3.63, 3.8) is 0 Å². The van der Waals surface area contributed by atoms with E-state index in [1.54, 1.807) is 10.9 Å². The van der Waals surface area contributed by atoms with Gasteiger partial charge in [-0.3, -0.25) is 0 Å². The second-order valence-corrected chi connectivity index (χ2v) is 6.13. The molecule has 3 aromatic rings. The number of nitrogens with two attached hydrogens (primary N) is 1. The number of fused-ring (bicyclic) bond motifs is 1. The molecule has 1 unspecified atom stereocenters. The number of pyridine rings is 1. The summed E-state index contributed by atoms with van der Waals surface area (Å²) in [6.45, 7) is 4.40. The third-order valence-electron chi connectivity index (χ3n) is 4.58. The van der Waals surface area contributed by atoms with Crippen molar-refractivity contribution in [2.75, 3.05) is 5.73 Å². The molecule has 1 atom stereocenters. The SMILES string of the molecule is Cc1cc(-n2cccn2)ccc1-c1c(C#N)c(N)nc2c1COC2C. The number of nitriles is 1. The molecule has 1 aliphatic rings. The number of aryl methyl sites for hydroxylation is 1. The highest BCUT2D eigenvalue weighted by Crippen LogP contribution is 2.41. The van der Waals surface area contributed by atoms with E-state index >= 15 is 0 Å². The number of rotatable bonds is 2. The Labute approximate surface area is 145 Å². The van der Waals surface area contributed by atoms with Gasteiger partial charge in [0.05, 0.1) is 24.1 Å². The maximum atomic E-state index is 9.63. The molecule has 1 aromatic carbocycles. The standard InChI is InChI=1S/C19H17N5O/c1-11-8-13(24-7-3-6-22-24)4-5-14(11)17-15(9-20)19(21)23-18-12(2)25-10-16(17)18/h3-8,12H,10H2,1-2H3,(H2,21,23). The van der Waals surface area contributed by atoms with Crippen molar-refractivity contribution >= 4 is 5.82 Å². The molecule has 3 heterocycles. The zero-order chi connectivity index (χ0) is 17.6. The normalized spacial score (nSPS) is 15.8. The highest BCUT2D eigenvalue weighted by Gasteiger charge is 2.28. The van der Waals surface area contributed by atoms with Gasteiger partial charge in [0.2, 0.25) is 0 Å². The van der Waals surface area contributed by atoms with Gasteiger partial charge in [-0.2, -0.15) is 10.4 Å². The first kappa shape index (κ1) is 15.4. The third kappa shape index (κ3) is 2.37. The number of nitrogen functional groups attached to an aromatic ring is 1. The van der Waals surface area contributed by atoms with Crippen LogP contribution in [0.15, 0.2) is 36.7 Å². The van der Waals surface area contributed by atoms with Crippen LogP contribution in [0.5, 0.6) is 0 Å². The molecule has 0 radical (unpaired) electrons. The Morgan fingerprint density at radius 2 is 2.24 bits per heavy atom. The number of anilines is 1. The van der Waals surface area contributed by atoms with Crippen LogP contribution in [0.2, 0.25) is 0 Å². The minimum absolute atomic E-state index is 0.118. The van der Waals surface area contributed by atoms with Crippen molar-refractivity contribution in [3.8, 4) is 22.9 Å². The summed E-state index contributed by atoms with van der Waals surface area (Å²) in [6.07, 6.45) is 3.52. The van der Waals surface area contributed by atoms with E-state index in [9.17, 15) is 5.26 Å². The van der Waals surface area contributed by atoms with Gasteiger partial charge in [0.1, 0.15) is 17.5 Å². The molecule has 4 rings (SSSR count). The summed E-state index contributed by atoms with van der Waals surface area (Å²) in [7, 11) is 0. The minimum Gasteiger partial charge on any atom is -0.383 e. The van der Waals surface area contributed by atoms with E-state index in [4.69, 9.17) is 10.5 Å². The lowest BCUT2D eigenvalue weighted by Crippen LogP contribution is -2.05. The topological polar surface area (TPSA) is 89.8 Å². The first-order chi connectivity index (χ1) is 12.1. The molecule has 1 aliphatic heterocycles. The summed E-state index contributed by atoms with van der Waals surface area (Å²) in [5.41, 5.74) is 12.0. The number of ether oxygens (including phenoxy) is 1. The Balaban J connectivity index is 1.94. The monoisotopic (exact) mass is 331 g/mol. The molecule has 0 saturated carbocycles. The smallest absolute Gasteiger partial charge is 0.142 e. The second kappa shape index (κ2) is 5.72. The van der Waals surface area contributed by atoms with Gasteiger partial charge in [-0.15, -0.1) is 0 Å². The largest absolute Gasteiger partial charge is 0.383 e. The summed E-state index contributed by atoms with van der Waals surface area (Å²) >= 11 is 0. The van der Waals surface area contributed by atoms with Gasteiger partial charge in [0.25, 0.3) is 0 Å². The molecule has 2 N–H and O–H groups in total. The Morgan fingerprint density at radius 1 is 1.40 bits per heavy atom. The average molecular weight is 331 g/mol. The maximum absolute atomic E-state index is 9.63. The van der Waals surface area contributed by atoms with E-state index in [1.807, 2.05) is 44.3 Å². The third-order valence-corrected chi connectivity index (χ3v) is 4.58. The molecule has 6 heteroatoms. The Hall–Kier alpha value is -3.17. The van der Waals surface area contributed by atoms with Gasteiger partial charge in [0.15, 0.2) is 0 Å². The van der Waals surface area contributed by atoms with E-state index < -0.39 is 0 Å². The van der Waals surface area contributed by atoms with Crippen LogP contribution >= 0.6 is 0 Å². The van der Waals surface area contributed by atoms with Crippen molar-refractivity contribution in [1.29, 1.82) is 5.26 Å². The molecule has 25 heavy (non-hydrogen) atoms. The van der Waals surface area contributed by atoms with Gasteiger partial charge in [-0.25, -0.2) is 9.67 Å². The average Bonchev–Trinajstić information content (AvgIpc) is 3.25. The maximum Gasteiger partial charge on any atom is 0.142 e. The van der Waals surface area contributed by atoms with Crippen LogP contribution in [-0.4, -0.2) is 14.8 Å². The lowest BCUT2D eigenvalue weighted by Gasteiger charge is -2.15. The summed E-state index contributed by atoms with van der Waals surface area (Å²) in [6, 6.07) is 10.1. The highest BCUT2D eigenvalue weighted by molar-refractivity contribution is 5.81. The number of hydrogen-bond acceptors (Lipinski definition) is 5. The summed E-state index contributed by atoms with van der Waals surface area (Å²) in [5.74, 6) is 0.254. The molecule has 6 nitrogen and oxygen atoms in total. The summed E-state index contributed by atoms with van der Waals surface area (Å²) in [4.78, 5) is 4.40. The molecule has 124 valence electrons. The van der Waals surface area contributed by atoms with Crippen LogP contribution < -0.4 is 5.73 Å². The van der Waals surface area contributed by atoms with E-state index in [0.717, 1.165) is 33.6 Å². The fraction of sp³-hybridized carbons (Fsp3) is 0.211. The van der Waals surface area contributed by atoms with E-state index in [2.05, 4.69) is 16.2 Å². The quantitative estimate of drug-likeness (QED) is 0.778. The minimum atomic E-state index is -0.118. The van der Waals surface area contributed by atoms with Gasteiger partial charge in [0, 0.05) is 23.5 Å². The van der Waals surface area contributed by atoms with E-state index in [0.29, 0.717) is 12.2 Å². The Bertz CT molecular complexity index is 1000. The van der Waals surface area contributed by atoms with Gasteiger partial charge in [-0.05, 0) is 43.2 Å². The van der Waals surface area contributed by atoms with Crippen molar-refractivity contribution in [2.45, 2.75) is 26.6 Å². The van der Waals surface area contributed by atoms with Crippen LogP contribution in [0, 0.1) is 18.3 Å². The van der Waals surface area contributed by atoms with Gasteiger partial charge >= 0.3 is 0 Å². The number of benzene rings is 1. The van der Waals surface area contributed by atoms with E-state index in [1.165, 1.54) is 0 Å². The summed E-state index contributed by atoms with van der Waals surface area (Å²) in [5, 5.41) is 13.9. The number of hydrogen-bond donors (Lipinski definition) is 1. The fourth-order valence-corrected chi connectivity index (χ4v) is 3.33. The van der Waals surface area contributed by atoms with Crippen molar-refractivity contribution in [2.24, 2.45) is 0 Å². The van der Waals surface area contributed by atoms with Crippen LogP contribution in [0.4, 0.5) is 5.82 Å². The molecular formula is C19H17N5O. The van der Waals surface area contributed by atoms with Gasteiger partial charge < -0.3 is 10.5 Å². The van der Waals surface area contributed by atoms with Crippen molar-refractivity contribution in [1.82, 2.24) is 14.8 Å². The first-order valence-electron chi connectivity index (χ1n) is 8.05. The van der Waals surface area contributed by atoms with Crippen LogP contribution in [0.25, 0.3) is 16.8 Å². The number of nitrogens with zero attached hydrogens (tertiary/aromatic N) is 4. The predicted molar refractivity (Wildman–Crippen MR) is 93.9 cm³/mol. The Kier molecular flexibility index (Phi) is 3.52.